The van der Waals surface area contributed by atoms with Crippen LogP contribution in [0.25, 0.3) is 0 Å². The van der Waals surface area contributed by atoms with Crippen molar-refractivity contribution in [1.82, 2.24) is 5.32 Å². The molecule has 0 radical (unpaired) electrons. The number of rotatable bonds is 3. The van der Waals surface area contributed by atoms with Gasteiger partial charge in [-0.3, -0.25) is 9.69 Å². The normalized spacial score (nSPS) is 24.1. The highest BCUT2D eigenvalue weighted by Crippen LogP contribution is 2.37. The number of carbonyl (C=O) groups excluding carboxylic acids is 1. The molecule has 1 aromatic carbocycles. The zero-order valence-electron chi connectivity index (χ0n) is 13.0. The van der Waals surface area contributed by atoms with E-state index in [-0.39, 0.29) is 18.0 Å². The van der Waals surface area contributed by atoms with Crippen molar-refractivity contribution in [2.45, 2.75) is 57.7 Å². The molecule has 3 rings (SSSR count). The molecule has 1 aromatic rings. The Hall–Kier alpha value is -1.88. The lowest BCUT2D eigenvalue weighted by molar-refractivity contribution is -0.140. The van der Waals surface area contributed by atoms with Gasteiger partial charge in [-0.25, -0.2) is 4.79 Å². The highest BCUT2D eigenvalue weighted by molar-refractivity contribution is 6.04. The van der Waals surface area contributed by atoms with Gasteiger partial charge in [0.05, 0.1) is 11.7 Å². The summed E-state index contributed by atoms with van der Waals surface area (Å²) in [5, 5.41) is 12.8. The van der Waals surface area contributed by atoms with Crippen LogP contribution in [0, 0.1) is 0 Å². The Morgan fingerprint density at radius 3 is 2.50 bits per heavy atom. The summed E-state index contributed by atoms with van der Waals surface area (Å²) in [7, 11) is 0. The minimum atomic E-state index is -0.918. The first kappa shape index (κ1) is 15.0. The summed E-state index contributed by atoms with van der Waals surface area (Å²) in [5.74, 6) is -1.02. The summed E-state index contributed by atoms with van der Waals surface area (Å²) >= 11 is 0. The fourth-order valence-corrected chi connectivity index (χ4v) is 3.58. The van der Waals surface area contributed by atoms with Crippen molar-refractivity contribution < 1.29 is 14.7 Å². The van der Waals surface area contributed by atoms with Crippen LogP contribution in [-0.4, -0.2) is 35.1 Å². The van der Waals surface area contributed by atoms with Gasteiger partial charge in [0.1, 0.15) is 6.04 Å². The van der Waals surface area contributed by atoms with Crippen LogP contribution < -0.4 is 10.2 Å². The smallest absolute Gasteiger partial charge is 0.326 e. The van der Waals surface area contributed by atoms with E-state index >= 15 is 0 Å². The average Bonchev–Trinajstić information content (AvgIpc) is 2.60. The maximum atomic E-state index is 13.0. The lowest BCUT2D eigenvalue weighted by Crippen LogP contribution is -2.55. The van der Waals surface area contributed by atoms with Gasteiger partial charge in [0.25, 0.3) is 0 Å². The van der Waals surface area contributed by atoms with Crippen LogP contribution in [0.5, 0.6) is 0 Å². The molecule has 0 bridgehead atoms. The number of aliphatic carboxylic acids is 1. The Kier molecular flexibility index (Phi) is 3.91. The van der Waals surface area contributed by atoms with E-state index in [0.717, 1.165) is 23.2 Å². The van der Waals surface area contributed by atoms with Crippen LogP contribution in [0.3, 0.4) is 0 Å². The first-order valence-electron chi connectivity index (χ1n) is 7.91. The molecule has 0 fully saturated rings. The summed E-state index contributed by atoms with van der Waals surface area (Å²) in [5.41, 5.74) is 3.03. The molecule has 2 aliphatic heterocycles. The predicted molar refractivity (Wildman–Crippen MR) is 84.1 cm³/mol. The van der Waals surface area contributed by atoms with Gasteiger partial charge in [-0.2, -0.15) is 0 Å². The molecule has 118 valence electrons. The second-order valence-electron chi connectivity index (χ2n) is 6.44. The summed E-state index contributed by atoms with van der Waals surface area (Å²) < 4.78 is 0. The quantitative estimate of drug-likeness (QED) is 0.892. The number of nitrogens with zero attached hydrogens (tertiary/aromatic N) is 1. The molecule has 5 nitrogen and oxygen atoms in total. The Bertz CT molecular complexity index is 612. The third kappa shape index (κ3) is 2.50. The summed E-state index contributed by atoms with van der Waals surface area (Å²) in [6, 6.07) is 5.14. The molecule has 2 heterocycles. The molecule has 2 N–H and O–H groups in total. The largest absolute Gasteiger partial charge is 0.480 e. The van der Waals surface area contributed by atoms with Gasteiger partial charge >= 0.3 is 5.97 Å². The average molecular weight is 302 g/mol. The molecular formula is C17H22N2O3. The van der Waals surface area contributed by atoms with Crippen LogP contribution in [0.15, 0.2) is 18.2 Å². The minimum absolute atomic E-state index is 0.105. The number of carboxylic acids is 1. The Morgan fingerprint density at radius 2 is 1.91 bits per heavy atom. The zero-order valence-corrected chi connectivity index (χ0v) is 13.0. The molecule has 0 unspecified atom stereocenters. The number of anilines is 1. The van der Waals surface area contributed by atoms with Gasteiger partial charge in [0.15, 0.2) is 0 Å². The Morgan fingerprint density at radius 1 is 1.27 bits per heavy atom. The number of hydrogen-bond acceptors (Lipinski definition) is 3. The molecule has 2 aliphatic rings. The van der Waals surface area contributed by atoms with Crippen LogP contribution >= 0.6 is 0 Å². The molecule has 0 aromatic heterocycles. The number of nitrogens with one attached hydrogen (secondary N) is 1. The highest BCUT2D eigenvalue weighted by Gasteiger charge is 2.41. The number of para-hydroxylation sites is 1. The lowest BCUT2D eigenvalue weighted by Gasteiger charge is -2.36. The number of benzene rings is 1. The second-order valence-corrected chi connectivity index (χ2v) is 6.44. The number of aryl methyl sites for hydroxylation is 2. The molecular weight excluding hydrogens is 280 g/mol. The maximum Gasteiger partial charge on any atom is 0.326 e. The van der Waals surface area contributed by atoms with E-state index in [9.17, 15) is 14.7 Å². The summed E-state index contributed by atoms with van der Waals surface area (Å²) in [6.07, 6.45) is 2.69. The van der Waals surface area contributed by atoms with Crippen molar-refractivity contribution in [2.75, 3.05) is 4.90 Å². The van der Waals surface area contributed by atoms with Crippen LogP contribution in [0.2, 0.25) is 0 Å². The summed E-state index contributed by atoms with van der Waals surface area (Å²) in [6.45, 7) is 4.00. The zero-order chi connectivity index (χ0) is 15.9. The molecule has 5 heteroatoms. The van der Waals surface area contributed by atoms with Gasteiger partial charge in [-0.15, -0.1) is 0 Å². The standard InChI is InChI=1S/C17H22N2O3/c1-10(2)18-13-8-6-11-4-3-5-12-7-9-14(17(21)22)19(15(11)12)16(13)20/h3-5,10,13-14,18H,6-9H2,1-2H3,(H,21,22)/t13-,14-/m0/s1. The van der Waals surface area contributed by atoms with E-state index in [0.29, 0.717) is 19.3 Å². The molecule has 0 saturated carbocycles. The number of amides is 1. The fraction of sp³-hybridized carbons (Fsp3) is 0.529. The molecule has 0 aliphatic carbocycles. The van der Waals surface area contributed by atoms with Crippen molar-refractivity contribution in [3.05, 3.63) is 29.3 Å². The fourth-order valence-electron chi connectivity index (χ4n) is 3.58. The van der Waals surface area contributed by atoms with E-state index in [1.165, 1.54) is 0 Å². The first-order valence-corrected chi connectivity index (χ1v) is 7.91. The van der Waals surface area contributed by atoms with Crippen molar-refractivity contribution in [1.29, 1.82) is 0 Å². The van der Waals surface area contributed by atoms with Crippen molar-refractivity contribution >= 4 is 17.6 Å². The molecule has 0 spiro atoms. The minimum Gasteiger partial charge on any atom is -0.480 e. The molecule has 1 amide bonds. The van der Waals surface area contributed by atoms with E-state index in [1.54, 1.807) is 4.90 Å². The van der Waals surface area contributed by atoms with Gasteiger partial charge in [0, 0.05) is 6.04 Å². The van der Waals surface area contributed by atoms with E-state index in [1.807, 2.05) is 32.0 Å². The Labute approximate surface area is 130 Å². The van der Waals surface area contributed by atoms with E-state index in [2.05, 4.69) is 5.32 Å². The SMILES string of the molecule is CC(C)N[C@H]1CCc2cccc3c2N(C1=O)[C@H](C(=O)O)CC3. The summed E-state index contributed by atoms with van der Waals surface area (Å²) in [4.78, 5) is 26.2. The van der Waals surface area contributed by atoms with Gasteiger partial charge in [-0.1, -0.05) is 32.0 Å². The van der Waals surface area contributed by atoms with Crippen LogP contribution in [0.1, 0.15) is 37.8 Å². The van der Waals surface area contributed by atoms with Gasteiger partial charge in [-0.05, 0) is 36.8 Å². The molecule has 0 saturated heterocycles. The highest BCUT2D eigenvalue weighted by atomic mass is 16.4. The monoisotopic (exact) mass is 302 g/mol. The first-order chi connectivity index (χ1) is 10.5. The third-order valence-electron chi connectivity index (χ3n) is 4.50. The van der Waals surface area contributed by atoms with E-state index in [4.69, 9.17) is 0 Å². The van der Waals surface area contributed by atoms with Gasteiger partial charge in [0.2, 0.25) is 5.91 Å². The van der Waals surface area contributed by atoms with Crippen LogP contribution in [-0.2, 0) is 22.4 Å². The molecule has 2 atom stereocenters. The molecule has 22 heavy (non-hydrogen) atoms. The van der Waals surface area contributed by atoms with Crippen molar-refractivity contribution in [2.24, 2.45) is 0 Å². The predicted octanol–water partition coefficient (Wildman–Crippen LogP) is 1.73. The van der Waals surface area contributed by atoms with Gasteiger partial charge < -0.3 is 10.4 Å². The maximum absolute atomic E-state index is 13.0. The lowest BCUT2D eigenvalue weighted by atomic mass is 9.92. The van der Waals surface area contributed by atoms with Crippen LogP contribution in [0.4, 0.5) is 5.69 Å². The van der Waals surface area contributed by atoms with E-state index < -0.39 is 12.0 Å². The number of carbonyl (C=O) groups is 2. The van der Waals surface area contributed by atoms with Crippen molar-refractivity contribution in [3.8, 4) is 0 Å². The number of hydrogen-bond donors (Lipinski definition) is 2. The topological polar surface area (TPSA) is 69.6 Å². The van der Waals surface area contributed by atoms with Crippen molar-refractivity contribution in [3.63, 3.8) is 0 Å². The number of carboxylic acid groups (broad SMARTS) is 1. The third-order valence-corrected chi connectivity index (χ3v) is 4.50. The second kappa shape index (κ2) is 5.72. The Balaban J connectivity index is 2.07.